The molecule has 148 valence electrons. The summed E-state index contributed by atoms with van der Waals surface area (Å²) in [5.41, 5.74) is 0.233. The highest BCUT2D eigenvalue weighted by molar-refractivity contribution is 5.94. The highest BCUT2D eigenvalue weighted by Crippen LogP contribution is 2.60. The molecule has 0 saturated heterocycles. The molecule has 4 fully saturated rings. The minimum atomic E-state index is -0.207. The summed E-state index contributed by atoms with van der Waals surface area (Å²) in [4.78, 5) is 19.3. The van der Waals surface area contributed by atoms with E-state index in [0.29, 0.717) is 23.2 Å². The van der Waals surface area contributed by atoms with Crippen LogP contribution >= 0.6 is 0 Å². The third-order valence-corrected chi connectivity index (χ3v) is 6.88. The summed E-state index contributed by atoms with van der Waals surface area (Å²) in [6.07, 6.45) is 12.6. The van der Waals surface area contributed by atoms with Crippen LogP contribution in [0.5, 0.6) is 0 Å². The number of carbonyl (C=O) groups is 1. The van der Waals surface area contributed by atoms with Crippen molar-refractivity contribution in [2.24, 2.45) is 11.8 Å². The van der Waals surface area contributed by atoms with Crippen molar-refractivity contribution in [1.29, 1.82) is 0 Å². The van der Waals surface area contributed by atoms with Crippen LogP contribution in [-0.2, 0) is 5.54 Å². The Kier molecular flexibility index (Phi) is 3.42. The van der Waals surface area contributed by atoms with Crippen molar-refractivity contribution in [2.45, 2.75) is 49.6 Å². The van der Waals surface area contributed by atoms with Crippen LogP contribution in [0.3, 0.4) is 0 Å². The highest BCUT2D eigenvalue weighted by atomic mass is 16.1. The second-order valence-electron chi connectivity index (χ2n) is 8.92. The van der Waals surface area contributed by atoms with Crippen LogP contribution in [-0.4, -0.2) is 51.4 Å². The lowest BCUT2D eigenvalue weighted by Crippen LogP contribution is -2.66. The van der Waals surface area contributed by atoms with Gasteiger partial charge in [-0.25, -0.2) is 4.98 Å². The molecule has 2 atom stereocenters. The fourth-order valence-electron chi connectivity index (χ4n) is 6.28. The molecule has 7 rings (SSSR count). The highest BCUT2D eigenvalue weighted by Gasteiger charge is 2.60. The van der Waals surface area contributed by atoms with E-state index in [0.717, 1.165) is 32.1 Å². The van der Waals surface area contributed by atoms with Gasteiger partial charge in [-0.15, -0.1) is 20.4 Å². The Hall–Kier alpha value is -3.17. The van der Waals surface area contributed by atoms with Gasteiger partial charge in [0, 0.05) is 11.7 Å². The number of tetrazole rings is 1. The Labute approximate surface area is 166 Å². The van der Waals surface area contributed by atoms with Crippen LogP contribution in [0.15, 0.2) is 37.3 Å². The Morgan fingerprint density at radius 1 is 1.07 bits per heavy atom. The Morgan fingerprint density at radius 2 is 1.86 bits per heavy atom. The number of amides is 1. The molecule has 4 saturated carbocycles. The molecule has 0 radical (unpaired) electrons. The number of nitrogens with zero attached hydrogens (tertiary/aromatic N) is 8. The van der Waals surface area contributed by atoms with Gasteiger partial charge in [0.25, 0.3) is 5.91 Å². The first-order chi connectivity index (χ1) is 14.1. The van der Waals surface area contributed by atoms with Gasteiger partial charge in [0.2, 0.25) is 0 Å². The minimum absolute atomic E-state index is 0.0727. The maximum absolute atomic E-state index is 13.1. The van der Waals surface area contributed by atoms with Crippen LogP contribution in [0.4, 0.5) is 0 Å². The van der Waals surface area contributed by atoms with Gasteiger partial charge in [-0.2, -0.15) is 4.80 Å². The van der Waals surface area contributed by atoms with E-state index in [1.165, 1.54) is 12.7 Å². The van der Waals surface area contributed by atoms with Gasteiger partial charge < -0.3 is 5.32 Å². The predicted molar refractivity (Wildman–Crippen MR) is 99.8 cm³/mol. The van der Waals surface area contributed by atoms with Crippen molar-refractivity contribution in [3.05, 3.63) is 42.9 Å². The first-order valence-electron chi connectivity index (χ1n) is 10.0. The van der Waals surface area contributed by atoms with E-state index in [1.54, 1.807) is 40.3 Å². The second-order valence-corrected chi connectivity index (χ2v) is 8.92. The molecule has 4 aliphatic carbocycles. The number of hydrogen-bond acceptors (Lipinski definition) is 7. The monoisotopic (exact) mass is 391 g/mol. The molecule has 29 heavy (non-hydrogen) atoms. The predicted octanol–water partition coefficient (Wildman–Crippen LogP) is 1.13. The number of nitrogens with one attached hydrogen (secondary N) is 1. The molecule has 0 aliphatic heterocycles. The third-order valence-electron chi connectivity index (χ3n) is 6.88. The van der Waals surface area contributed by atoms with E-state index in [-0.39, 0.29) is 17.0 Å². The number of aromatic nitrogens is 8. The fraction of sp³-hybridized carbons (Fsp3) is 0.526. The van der Waals surface area contributed by atoms with Gasteiger partial charge in [0.05, 0.1) is 11.1 Å². The lowest BCUT2D eigenvalue weighted by Gasteiger charge is -2.61. The molecule has 1 amide bonds. The SMILES string of the molecule is O=C(NC12CC3CC(C1)CC(n1ncnn1)(C3)C2)c1ccc(-n2cnnc2)nc1. The average Bonchev–Trinajstić information content (AvgIpc) is 3.41. The van der Waals surface area contributed by atoms with Crippen LogP contribution in [0, 0.1) is 11.8 Å². The number of rotatable bonds is 4. The minimum Gasteiger partial charge on any atom is -0.346 e. The molecule has 4 aliphatic rings. The molecule has 3 heterocycles. The first kappa shape index (κ1) is 16.8. The standard InChI is InChI=1S/C19H21N9O/c29-17(15-1-2-16(20-8-15)27-11-22-23-12-27)25-18-4-13-3-14(5-18)7-19(6-13,9-18)28-24-10-21-26-28/h1-2,8,10-14H,3-7,9H2,(H,25,29). The summed E-state index contributed by atoms with van der Waals surface area (Å²) >= 11 is 0. The molecule has 1 N–H and O–H groups in total. The lowest BCUT2D eigenvalue weighted by molar-refractivity contribution is -0.0810. The zero-order chi connectivity index (χ0) is 19.5. The van der Waals surface area contributed by atoms with Gasteiger partial charge in [-0.05, 0) is 67.7 Å². The maximum atomic E-state index is 13.1. The van der Waals surface area contributed by atoms with Crippen LogP contribution in [0.1, 0.15) is 48.9 Å². The number of carbonyl (C=O) groups excluding carboxylic acids is 1. The summed E-state index contributed by atoms with van der Waals surface area (Å²) in [5, 5.41) is 23.5. The maximum Gasteiger partial charge on any atom is 0.253 e. The van der Waals surface area contributed by atoms with E-state index < -0.39 is 0 Å². The molecule has 10 nitrogen and oxygen atoms in total. The molecule has 3 aromatic heterocycles. The Bertz CT molecular complexity index is 1010. The van der Waals surface area contributed by atoms with Gasteiger partial charge in [0.15, 0.2) is 6.33 Å². The summed E-state index contributed by atoms with van der Waals surface area (Å²) in [6, 6.07) is 3.60. The molecular weight excluding hydrogens is 370 g/mol. The van der Waals surface area contributed by atoms with Crippen molar-refractivity contribution < 1.29 is 4.79 Å². The van der Waals surface area contributed by atoms with Gasteiger partial charge >= 0.3 is 0 Å². The molecule has 2 unspecified atom stereocenters. The van der Waals surface area contributed by atoms with E-state index >= 15 is 0 Å². The van der Waals surface area contributed by atoms with Crippen molar-refractivity contribution >= 4 is 5.91 Å². The fourth-order valence-corrected chi connectivity index (χ4v) is 6.28. The van der Waals surface area contributed by atoms with E-state index in [2.05, 4.69) is 35.9 Å². The van der Waals surface area contributed by atoms with Crippen LogP contribution in [0.2, 0.25) is 0 Å². The first-order valence-corrected chi connectivity index (χ1v) is 10.0. The van der Waals surface area contributed by atoms with E-state index in [4.69, 9.17) is 0 Å². The van der Waals surface area contributed by atoms with Gasteiger partial charge in [-0.3, -0.25) is 9.36 Å². The zero-order valence-electron chi connectivity index (χ0n) is 15.8. The number of pyridine rings is 1. The smallest absolute Gasteiger partial charge is 0.253 e. The summed E-state index contributed by atoms with van der Waals surface area (Å²) in [5.74, 6) is 1.79. The summed E-state index contributed by atoms with van der Waals surface area (Å²) in [7, 11) is 0. The molecule has 0 aromatic carbocycles. The van der Waals surface area contributed by atoms with E-state index in [1.807, 2.05) is 0 Å². The normalized spacial score (nSPS) is 32.4. The topological polar surface area (TPSA) is 116 Å². The average molecular weight is 391 g/mol. The number of hydrogen-bond donors (Lipinski definition) is 1. The molecule has 0 spiro atoms. The van der Waals surface area contributed by atoms with Gasteiger partial charge in [-0.1, -0.05) is 0 Å². The lowest BCUT2D eigenvalue weighted by atomic mass is 9.50. The van der Waals surface area contributed by atoms with Crippen LogP contribution in [0.25, 0.3) is 5.82 Å². The summed E-state index contributed by atoms with van der Waals surface area (Å²) < 4.78 is 1.70. The van der Waals surface area contributed by atoms with Crippen LogP contribution < -0.4 is 5.32 Å². The quantitative estimate of drug-likeness (QED) is 0.708. The Balaban J connectivity index is 1.26. The van der Waals surface area contributed by atoms with Crippen molar-refractivity contribution in [1.82, 2.24) is 45.3 Å². The van der Waals surface area contributed by atoms with Gasteiger partial charge in [0.1, 0.15) is 18.5 Å². The molecule has 4 bridgehead atoms. The van der Waals surface area contributed by atoms with Crippen molar-refractivity contribution in [3.8, 4) is 5.82 Å². The molecule has 10 heteroatoms. The zero-order valence-corrected chi connectivity index (χ0v) is 15.8. The largest absolute Gasteiger partial charge is 0.346 e. The van der Waals surface area contributed by atoms with Crippen molar-refractivity contribution in [3.63, 3.8) is 0 Å². The Morgan fingerprint density at radius 3 is 2.52 bits per heavy atom. The van der Waals surface area contributed by atoms with Crippen molar-refractivity contribution in [2.75, 3.05) is 0 Å². The third kappa shape index (κ3) is 2.65. The molecule has 3 aromatic rings. The summed E-state index contributed by atoms with van der Waals surface area (Å²) in [6.45, 7) is 0. The molecular formula is C19H21N9O. The van der Waals surface area contributed by atoms with E-state index in [9.17, 15) is 4.79 Å². The second kappa shape index (κ2) is 5.91.